The van der Waals surface area contributed by atoms with Crippen molar-refractivity contribution < 1.29 is 0 Å². The average Bonchev–Trinajstić information content (AvgIpc) is 2.42. The van der Waals surface area contributed by atoms with E-state index in [4.69, 9.17) is 4.98 Å². The van der Waals surface area contributed by atoms with Gasteiger partial charge in [-0.15, -0.1) is 0 Å². The number of nitrogens with zero attached hydrogens (tertiary/aromatic N) is 2. The second kappa shape index (κ2) is 8.67. The van der Waals surface area contributed by atoms with E-state index in [1.165, 1.54) is 0 Å². The Hall–Kier alpha value is -0.190. The standard InChI is InChI=1S/C23H44N2P2/c1-20(2,3)26(21(4,5)6)17-25(19-15-13-14-16-24-19)18-27(22(7,8)9)23(10,11)12/h13-16H,17-18H2,1-12H3. The van der Waals surface area contributed by atoms with E-state index in [1.54, 1.807) is 0 Å². The summed E-state index contributed by atoms with van der Waals surface area (Å²) in [4.78, 5) is 7.38. The van der Waals surface area contributed by atoms with Crippen LogP contribution in [0.3, 0.4) is 0 Å². The summed E-state index contributed by atoms with van der Waals surface area (Å²) in [6.45, 7) is 29.0. The average molecular weight is 411 g/mol. The van der Waals surface area contributed by atoms with Gasteiger partial charge in [-0.2, -0.15) is 0 Å². The normalized spacial score (nSPS) is 14.1. The Morgan fingerprint density at radius 2 is 1.04 bits per heavy atom. The first kappa shape index (κ1) is 24.8. The zero-order valence-corrected chi connectivity index (χ0v) is 21.8. The maximum absolute atomic E-state index is 4.76. The molecule has 0 saturated carbocycles. The minimum Gasteiger partial charge on any atom is -0.348 e. The molecule has 27 heavy (non-hydrogen) atoms. The zero-order chi connectivity index (χ0) is 21.3. The van der Waals surface area contributed by atoms with Crippen LogP contribution < -0.4 is 4.90 Å². The van der Waals surface area contributed by atoms with E-state index in [-0.39, 0.29) is 15.8 Å². The molecule has 1 heterocycles. The van der Waals surface area contributed by atoms with Gasteiger partial charge in [-0.3, -0.25) is 0 Å². The first-order valence-corrected chi connectivity index (χ1v) is 13.2. The summed E-state index contributed by atoms with van der Waals surface area (Å²) in [5, 5.41) is 1.25. The Labute approximate surface area is 172 Å². The van der Waals surface area contributed by atoms with Gasteiger partial charge in [0.05, 0.1) is 0 Å². The molecule has 0 unspecified atom stereocenters. The van der Waals surface area contributed by atoms with Gasteiger partial charge in [0.15, 0.2) is 0 Å². The van der Waals surface area contributed by atoms with Gasteiger partial charge in [0.25, 0.3) is 0 Å². The molecule has 0 aliphatic carbocycles. The SMILES string of the molecule is CC(C)(C)P(CN(CP(C(C)(C)C)C(C)(C)C)c1ccccn1)C(C)(C)C. The molecule has 0 aromatic carbocycles. The summed E-state index contributed by atoms with van der Waals surface area (Å²) in [5.41, 5.74) is 0. The van der Waals surface area contributed by atoms with Crippen LogP contribution in [0.4, 0.5) is 5.82 Å². The van der Waals surface area contributed by atoms with E-state index in [0.29, 0.717) is 20.6 Å². The highest BCUT2D eigenvalue weighted by molar-refractivity contribution is 7.62. The van der Waals surface area contributed by atoms with Crippen molar-refractivity contribution in [3.05, 3.63) is 24.4 Å². The Morgan fingerprint density at radius 3 is 1.30 bits per heavy atom. The highest BCUT2D eigenvalue weighted by Crippen LogP contribution is 2.63. The Morgan fingerprint density at radius 1 is 0.667 bits per heavy atom. The second-order valence-corrected chi connectivity index (χ2v) is 19.2. The van der Waals surface area contributed by atoms with Gasteiger partial charge in [0, 0.05) is 18.8 Å². The first-order valence-electron chi connectivity index (χ1n) is 10.2. The summed E-state index contributed by atoms with van der Waals surface area (Å²) >= 11 is 0. The molecule has 156 valence electrons. The number of rotatable bonds is 5. The van der Waals surface area contributed by atoms with Crippen molar-refractivity contribution in [1.29, 1.82) is 0 Å². The summed E-state index contributed by atoms with van der Waals surface area (Å²) in [5.74, 6) is 1.14. The topological polar surface area (TPSA) is 16.1 Å². The molecule has 0 amide bonds. The van der Waals surface area contributed by atoms with Crippen LogP contribution in [0.25, 0.3) is 0 Å². The van der Waals surface area contributed by atoms with Crippen molar-refractivity contribution in [2.24, 2.45) is 0 Å². The van der Waals surface area contributed by atoms with Crippen molar-refractivity contribution in [2.45, 2.75) is 104 Å². The van der Waals surface area contributed by atoms with Crippen molar-refractivity contribution >= 4 is 21.7 Å². The molecule has 1 aromatic heterocycles. The van der Waals surface area contributed by atoms with Crippen LogP contribution in [0.2, 0.25) is 0 Å². The number of hydrogen-bond acceptors (Lipinski definition) is 2. The zero-order valence-electron chi connectivity index (χ0n) is 20.0. The molecule has 0 fully saturated rings. The molecular formula is C23H44N2P2. The molecule has 1 aromatic rings. The number of pyridine rings is 1. The third-order valence-electron chi connectivity index (χ3n) is 4.84. The largest absolute Gasteiger partial charge is 0.348 e. The highest BCUT2D eigenvalue weighted by atomic mass is 31.1. The summed E-state index contributed by atoms with van der Waals surface area (Å²) in [7, 11) is -0.424. The van der Waals surface area contributed by atoms with Gasteiger partial charge in [0.2, 0.25) is 0 Å². The van der Waals surface area contributed by atoms with E-state index in [1.807, 2.05) is 12.3 Å². The number of hydrogen-bond donors (Lipinski definition) is 0. The van der Waals surface area contributed by atoms with E-state index >= 15 is 0 Å². The summed E-state index contributed by atoms with van der Waals surface area (Å²) in [6, 6.07) is 6.34. The first-order chi connectivity index (χ1) is 11.9. The fourth-order valence-electron chi connectivity index (χ4n) is 3.93. The number of aromatic nitrogens is 1. The predicted octanol–water partition coefficient (Wildman–Crippen LogP) is 7.96. The lowest BCUT2D eigenvalue weighted by atomic mass is 10.2. The lowest BCUT2D eigenvalue weighted by Crippen LogP contribution is -2.38. The minimum absolute atomic E-state index is 0.212. The van der Waals surface area contributed by atoms with Gasteiger partial charge >= 0.3 is 0 Å². The quantitative estimate of drug-likeness (QED) is 0.458. The van der Waals surface area contributed by atoms with Crippen molar-refractivity contribution in [3.63, 3.8) is 0 Å². The molecular weight excluding hydrogens is 366 g/mol. The van der Waals surface area contributed by atoms with E-state index in [2.05, 4.69) is 100 Å². The molecule has 2 nitrogen and oxygen atoms in total. The van der Waals surface area contributed by atoms with Crippen LogP contribution in [0, 0.1) is 0 Å². The van der Waals surface area contributed by atoms with Gasteiger partial charge in [-0.25, -0.2) is 4.98 Å². The van der Waals surface area contributed by atoms with Gasteiger partial charge in [-0.05, 0) is 32.8 Å². The van der Waals surface area contributed by atoms with Crippen LogP contribution in [0.5, 0.6) is 0 Å². The second-order valence-electron chi connectivity index (χ2n) is 11.5. The van der Waals surface area contributed by atoms with Crippen LogP contribution in [0.1, 0.15) is 83.1 Å². The van der Waals surface area contributed by atoms with Crippen LogP contribution in [0.15, 0.2) is 24.4 Å². The third kappa shape index (κ3) is 7.62. The lowest BCUT2D eigenvalue weighted by Gasteiger charge is -2.48. The smallest absolute Gasteiger partial charge is 0.129 e. The van der Waals surface area contributed by atoms with Crippen LogP contribution in [-0.4, -0.2) is 38.2 Å². The van der Waals surface area contributed by atoms with Crippen LogP contribution >= 0.6 is 15.8 Å². The minimum atomic E-state index is -0.212. The van der Waals surface area contributed by atoms with Crippen LogP contribution in [-0.2, 0) is 0 Å². The summed E-state index contributed by atoms with van der Waals surface area (Å²) in [6.07, 6.45) is 4.17. The van der Waals surface area contributed by atoms with Crippen molar-refractivity contribution in [2.75, 3.05) is 17.5 Å². The van der Waals surface area contributed by atoms with Crippen molar-refractivity contribution in [1.82, 2.24) is 4.98 Å². The lowest BCUT2D eigenvalue weighted by molar-refractivity contribution is 0.691. The van der Waals surface area contributed by atoms with E-state index in [9.17, 15) is 0 Å². The van der Waals surface area contributed by atoms with E-state index < -0.39 is 0 Å². The summed E-state index contributed by atoms with van der Waals surface area (Å²) < 4.78 is 0. The molecule has 0 N–H and O–H groups in total. The fraction of sp³-hybridized carbons (Fsp3) is 0.783. The van der Waals surface area contributed by atoms with Gasteiger partial charge in [0.1, 0.15) is 5.82 Å². The molecule has 1 rings (SSSR count). The molecule has 0 radical (unpaired) electrons. The maximum Gasteiger partial charge on any atom is 0.129 e. The number of anilines is 1. The Bertz CT molecular complexity index is 510. The highest BCUT2D eigenvalue weighted by Gasteiger charge is 2.39. The Balaban J connectivity index is 3.33. The Kier molecular flexibility index (Phi) is 7.98. The van der Waals surface area contributed by atoms with Crippen molar-refractivity contribution in [3.8, 4) is 0 Å². The molecule has 0 aliphatic heterocycles. The monoisotopic (exact) mass is 410 g/mol. The third-order valence-corrected chi connectivity index (χ3v) is 12.6. The molecule has 0 atom stereocenters. The predicted molar refractivity (Wildman–Crippen MR) is 129 cm³/mol. The molecule has 0 bridgehead atoms. The molecule has 0 spiro atoms. The molecule has 0 aliphatic rings. The van der Waals surface area contributed by atoms with Gasteiger partial charge < -0.3 is 4.90 Å². The molecule has 4 heteroatoms. The maximum atomic E-state index is 4.76. The molecule has 0 saturated heterocycles. The van der Waals surface area contributed by atoms with Gasteiger partial charge in [-0.1, -0.05) is 105 Å². The van der Waals surface area contributed by atoms with E-state index in [0.717, 1.165) is 18.4 Å². The fourth-order valence-corrected chi connectivity index (χ4v) is 11.0.